The molecule has 1 aromatic rings. The zero-order valence-corrected chi connectivity index (χ0v) is 12.9. The van der Waals surface area contributed by atoms with Gasteiger partial charge in [0.2, 0.25) is 5.91 Å². The number of hydrogen-bond acceptors (Lipinski definition) is 4. The number of hydrogen-bond donors (Lipinski definition) is 2. The summed E-state index contributed by atoms with van der Waals surface area (Å²) < 4.78 is 48.5. The van der Waals surface area contributed by atoms with E-state index in [1.165, 1.54) is 0 Å². The predicted molar refractivity (Wildman–Crippen MR) is 75.0 cm³/mol. The van der Waals surface area contributed by atoms with E-state index in [9.17, 15) is 22.0 Å². The van der Waals surface area contributed by atoms with Crippen molar-refractivity contribution in [2.75, 3.05) is 17.3 Å². The van der Waals surface area contributed by atoms with Gasteiger partial charge in [-0.2, -0.15) is 0 Å². The molecule has 1 amide bonds. The number of halogens is 3. The highest BCUT2D eigenvalue weighted by Gasteiger charge is 2.18. The molecule has 0 saturated carbocycles. The van der Waals surface area contributed by atoms with Crippen molar-refractivity contribution >= 4 is 37.4 Å². The standard InChI is InChI=1S/C11H13BrF2N2O3S/c1-20(18,19)3-2-9(15)11(17)16-10-5-7(13)6(12)4-8(10)14/h4-5,9H,2-3,15H2,1H3,(H,16,17). The lowest BCUT2D eigenvalue weighted by atomic mass is 10.2. The summed E-state index contributed by atoms with van der Waals surface area (Å²) in [4.78, 5) is 11.6. The number of amides is 1. The van der Waals surface area contributed by atoms with Crippen LogP contribution in [0.15, 0.2) is 16.6 Å². The van der Waals surface area contributed by atoms with Crippen LogP contribution in [0.3, 0.4) is 0 Å². The highest BCUT2D eigenvalue weighted by Crippen LogP contribution is 2.23. The summed E-state index contributed by atoms with van der Waals surface area (Å²) in [6, 6.07) is 0.545. The molecule has 1 rings (SSSR count). The molecular weight excluding hydrogens is 358 g/mol. The van der Waals surface area contributed by atoms with Crippen LogP contribution in [0, 0.1) is 11.6 Å². The van der Waals surface area contributed by atoms with Gasteiger partial charge < -0.3 is 11.1 Å². The summed E-state index contributed by atoms with van der Waals surface area (Å²) in [5.74, 6) is -2.62. The van der Waals surface area contributed by atoms with Gasteiger partial charge in [0.25, 0.3) is 0 Å². The van der Waals surface area contributed by atoms with E-state index in [0.29, 0.717) is 0 Å². The number of rotatable bonds is 5. The Morgan fingerprint density at radius 1 is 1.40 bits per heavy atom. The van der Waals surface area contributed by atoms with Gasteiger partial charge in [-0.05, 0) is 28.4 Å². The molecule has 0 fully saturated rings. The van der Waals surface area contributed by atoms with Gasteiger partial charge in [-0.15, -0.1) is 0 Å². The van der Waals surface area contributed by atoms with Crippen molar-refractivity contribution in [2.45, 2.75) is 12.5 Å². The quantitative estimate of drug-likeness (QED) is 0.767. The van der Waals surface area contributed by atoms with Crippen LogP contribution in [-0.4, -0.2) is 32.4 Å². The molecular formula is C11H13BrF2N2O3S. The lowest BCUT2D eigenvalue weighted by Gasteiger charge is -2.12. The average Bonchev–Trinajstić information content (AvgIpc) is 2.31. The average molecular weight is 371 g/mol. The van der Waals surface area contributed by atoms with E-state index >= 15 is 0 Å². The van der Waals surface area contributed by atoms with Crippen LogP contribution in [0.5, 0.6) is 0 Å². The van der Waals surface area contributed by atoms with Crippen LogP contribution in [0.25, 0.3) is 0 Å². The molecule has 1 atom stereocenters. The topological polar surface area (TPSA) is 89.3 Å². The number of carbonyl (C=O) groups excluding carboxylic acids is 1. The number of nitrogens with two attached hydrogens (primary N) is 1. The highest BCUT2D eigenvalue weighted by atomic mass is 79.9. The number of sulfone groups is 1. The van der Waals surface area contributed by atoms with Gasteiger partial charge in [-0.25, -0.2) is 17.2 Å². The zero-order valence-electron chi connectivity index (χ0n) is 10.5. The molecule has 0 bridgehead atoms. The summed E-state index contributed by atoms with van der Waals surface area (Å²) >= 11 is 2.80. The second kappa shape index (κ2) is 6.59. The van der Waals surface area contributed by atoms with Crippen molar-refractivity contribution in [3.63, 3.8) is 0 Å². The van der Waals surface area contributed by atoms with Crippen molar-refractivity contribution in [1.29, 1.82) is 0 Å². The van der Waals surface area contributed by atoms with Crippen LogP contribution >= 0.6 is 15.9 Å². The lowest BCUT2D eigenvalue weighted by Crippen LogP contribution is -2.37. The van der Waals surface area contributed by atoms with E-state index in [1.807, 2.05) is 0 Å². The molecule has 20 heavy (non-hydrogen) atoms. The van der Waals surface area contributed by atoms with Gasteiger partial charge in [-0.3, -0.25) is 4.79 Å². The van der Waals surface area contributed by atoms with Crippen molar-refractivity contribution < 1.29 is 22.0 Å². The predicted octanol–water partition coefficient (Wildman–Crippen LogP) is 1.43. The summed E-state index contributed by atoms with van der Waals surface area (Å²) in [5, 5.41) is 2.12. The van der Waals surface area contributed by atoms with Crippen LogP contribution in [0.2, 0.25) is 0 Å². The SMILES string of the molecule is CS(=O)(=O)CCC(N)C(=O)Nc1cc(F)c(Br)cc1F. The number of carbonyl (C=O) groups is 1. The first-order chi connectivity index (χ1) is 9.10. The van der Waals surface area contributed by atoms with Crippen molar-refractivity contribution in [1.82, 2.24) is 0 Å². The van der Waals surface area contributed by atoms with E-state index in [1.54, 1.807) is 0 Å². The molecule has 0 spiro atoms. The number of nitrogens with one attached hydrogen (secondary N) is 1. The van der Waals surface area contributed by atoms with Gasteiger partial charge in [0.1, 0.15) is 21.5 Å². The first-order valence-electron chi connectivity index (χ1n) is 5.49. The Balaban J connectivity index is 2.73. The maximum absolute atomic E-state index is 13.5. The fraction of sp³-hybridized carbons (Fsp3) is 0.364. The molecule has 0 aliphatic carbocycles. The van der Waals surface area contributed by atoms with Crippen molar-refractivity contribution in [3.05, 3.63) is 28.2 Å². The van der Waals surface area contributed by atoms with E-state index in [0.717, 1.165) is 18.4 Å². The smallest absolute Gasteiger partial charge is 0.241 e. The molecule has 1 aromatic carbocycles. The number of anilines is 1. The largest absolute Gasteiger partial charge is 0.322 e. The Labute approximate surface area is 123 Å². The highest BCUT2D eigenvalue weighted by molar-refractivity contribution is 9.10. The van der Waals surface area contributed by atoms with Crippen LogP contribution in [0.4, 0.5) is 14.5 Å². The molecule has 9 heteroatoms. The molecule has 0 aliphatic heterocycles. The third-order valence-corrected chi connectivity index (χ3v) is 3.99. The minimum Gasteiger partial charge on any atom is -0.322 e. The Morgan fingerprint density at radius 3 is 2.55 bits per heavy atom. The van der Waals surface area contributed by atoms with Gasteiger partial charge in [0, 0.05) is 12.3 Å². The van der Waals surface area contributed by atoms with E-state index in [-0.39, 0.29) is 22.3 Å². The molecule has 5 nitrogen and oxygen atoms in total. The second-order valence-corrected chi connectivity index (χ2v) is 7.37. The molecule has 0 heterocycles. The summed E-state index contributed by atoms with van der Waals surface area (Å²) in [5.41, 5.74) is 5.13. The second-order valence-electron chi connectivity index (χ2n) is 4.26. The lowest BCUT2D eigenvalue weighted by molar-refractivity contribution is -0.117. The van der Waals surface area contributed by atoms with Gasteiger partial charge in [-0.1, -0.05) is 0 Å². The first kappa shape index (κ1) is 17.0. The Bertz CT molecular complexity index is 622. The fourth-order valence-electron chi connectivity index (χ4n) is 1.32. The van der Waals surface area contributed by atoms with Gasteiger partial charge >= 0.3 is 0 Å². The van der Waals surface area contributed by atoms with Crippen LogP contribution in [-0.2, 0) is 14.6 Å². The van der Waals surface area contributed by atoms with Crippen LogP contribution in [0.1, 0.15) is 6.42 Å². The van der Waals surface area contributed by atoms with Gasteiger partial charge in [0.05, 0.1) is 22.0 Å². The Morgan fingerprint density at radius 2 is 2.00 bits per heavy atom. The molecule has 0 saturated heterocycles. The normalized spacial score (nSPS) is 13.1. The molecule has 0 radical (unpaired) electrons. The number of benzene rings is 1. The Hall–Kier alpha value is -1.06. The Kier molecular flexibility index (Phi) is 5.60. The zero-order chi connectivity index (χ0) is 15.5. The summed E-state index contributed by atoms with van der Waals surface area (Å²) in [6.07, 6.45) is 0.909. The molecule has 112 valence electrons. The van der Waals surface area contributed by atoms with E-state index in [4.69, 9.17) is 5.73 Å². The van der Waals surface area contributed by atoms with E-state index < -0.39 is 33.4 Å². The van der Waals surface area contributed by atoms with Crippen LogP contribution < -0.4 is 11.1 Å². The monoisotopic (exact) mass is 370 g/mol. The van der Waals surface area contributed by atoms with Crippen molar-refractivity contribution in [3.8, 4) is 0 Å². The maximum atomic E-state index is 13.5. The third-order valence-electron chi connectivity index (χ3n) is 2.40. The first-order valence-corrected chi connectivity index (χ1v) is 8.34. The minimum atomic E-state index is -3.25. The van der Waals surface area contributed by atoms with E-state index in [2.05, 4.69) is 21.2 Å². The summed E-state index contributed by atoms with van der Waals surface area (Å²) in [6.45, 7) is 0. The fourth-order valence-corrected chi connectivity index (χ4v) is 2.31. The third kappa shape index (κ3) is 5.14. The molecule has 3 N–H and O–H groups in total. The molecule has 0 aliphatic rings. The van der Waals surface area contributed by atoms with Gasteiger partial charge in [0.15, 0.2) is 0 Å². The summed E-state index contributed by atoms with van der Waals surface area (Å²) in [7, 11) is -3.25. The van der Waals surface area contributed by atoms with Crippen molar-refractivity contribution in [2.24, 2.45) is 5.73 Å². The molecule has 1 unspecified atom stereocenters. The minimum absolute atomic E-state index is 0.0747. The molecule has 0 aromatic heterocycles. The maximum Gasteiger partial charge on any atom is 0.241 e.